The van der Waals surface area contributed by atoms with Crippen LogP contribution in [-0.4, -0.2) is 66.5 Å². The second kappa shape index (κ2) is 55.9. The average molecular weight is 1060 g/mol. The minimum Gasteiger partial charge on any atom is -0.462 e. The van der Waals surface area contributed by atoms with Gasteiger partial charge in [0.2, 0.25) is 0 Å². The molecule has 0 spiro atoms. The van der Waals surface area contributed by atoms with Gasteiger partial charge in [-0.15, -0.1) is 0 Å². The molecule has 0 aromatic heterocycles. The van der Waals surface area contributed by atoms with Crippen molar-refractivity contribution in [3.8, 4) is 0 Å². The molecule has 0 saturated heterocycles. The SMILES string of the molecule is CC/C=C\C/C=C\C/C=C\C/C=C\C/C=C\CCCCCC(=O)OC(COC(=O)CCCCCCCCC/C=C\CCCCCCCC)COP(=O)(O)OCC(CO)OC(=O)CCCCCCC/C=C\CCCC. The van der Waals surface area contributed by atoms with E-state index in [2.05, 4.69) is 106 Å². The molecule has 0 fully saturated rings. The number of unbranched alkanes of at least 4 members (excludes halogenated alkanes) is 23. The largest absolute Gasteiger partial charge is 0.472 e. The van der Waals surface area contributed by atoms with E-state index in [-0.39, 0.29) is 25.9 Å². The number of carbonyl (C=O) groups excluding carboxylic acids is 3. The summed E-state index contributed by atoms with van der Waals surface area (Å²) in [4.78, 5) is 48.5. The molecule has 0 radical (unpaired) electrons. The molecule has 12 heteroatoms. The number of aliphatic hydroxyl groups excluding tert-OH is 1. The van der Waals surface area contributed by atoms with Gasteiger partial charge >= 0.3 is 25.7 Å². The number of allylic oxidation sites excluding steroid dienone is 14. The van der Waals surface area contributed by atoms with Crippen LogP contribution in [0.1, 0.15) is 252 Å². The molecular formula is C62H107O11P. The number of ether oxygens (including phenoxy) is 3. The third kappa shape index (κ3) is 53.5. The molecule has 74 heavy (non-hydrogen) atoms. The Bertz CT molecular complexity index is 1560. The zero-order chi connectivity index (χ0) is 54.1. The van der Waals surface area contributed by atoms with Crippen molar-refractivity contribution in [3.05, 3.63) is 85.1 Å². The van der Waals surface area contributed by atoms with Crippen molar-refractivity contribution in [2.45, 2.75) is 264 Å². The highest BCUT2D eigenvalue weighted by atomic mass is 31.2. The van der Waals surface area contributed by atoms with Gasteiger partial charge in [0.1, 0.15) is 12.7 Å². The van der Waals surface area contributed by atoms with E-state index >= 15 is 0 Å². The van der Waals surface area contributed by atoms with Gasteiger partial charge in [-0.1, -0.05) is 209 Å². The lowest BCUT2D eigenvalue weighted by Crippen LogP contribution is -2.30. The van der Waals surface area contributed by atoms with E-state index in [0.717, 1.165) is 116 Å². The molecule has 0 saturated carbocycles. The Morgan fingerprint density at radius 1 is 0.392 bits per heavy atom. The minimum atomic E-state index is -4.76. The number of phosphoric ester groups is 1. The summed E-state index contributed by atoms with van der Waals surface area (Å²) in [5.74, 6) is -1.52. The van der Waals surface area contributed by atoms with Crippen LogP contribution in [0.3, 0.4) is 0 Å². The van der Waals surface area contributed by atoms with Gasteiger partial charge in [-0.25, -0.2) is 4.57 Å². The lowest BCUT2D eigenvalue weighted by atomic mass is 10.1. The number of phosphoric acid groups is 1. The van der Waals surface area contributed by atoms with Crippen molar-refractivity contribution >= 4 is 25.7 Å². The van der Waals surface area contributed by atoms with Crippen LogP contribution in [0.25, 0.3) is 0 Å². The number of rotatable bonds is 54. The first-order valence-corrected chi connectivity index (χ1v) is 31.0. The molecule has 3 unspecified atom stereocenters. The lowest BCUT2D eigenvalue weighted by molar-refractivity contribution is -0.161. The summed E-state index contributed by atoms with van der Waals surface area (Å²) in [5.41, 5.74) is 0. The quantitative estimate of drug-likeness (QED) is 0.0197. The van der Waals surface area contributed by atoms with Gasteiger partial charge < -0.3 is 24.2 Å². The summed E-state index contributed by atoms with van der Waals surface area (Å²) in [5, 5.41) is 9.80. The van der Waals surface area contributed by atoms with Gasteiger partial charge in [-0.2, -0.15) is 0 Å². The van der Waals surface area contributed by atoms with Crippen LogP contribution >= 0.6 is 7.82 Å². The first-order chi connectivity index (χ1) is 36.2. The highest BCUT2D eigenvalue weighted by Crippen LogP contribution is 2.43. The number of esters is 3. The van der Waals surface area contributed by atoms with Crippen molar-refractivity contribution in [1.29, 1.82) is 0 Å². The molecule has 426 valence electrons. The maximum Gasteiger partial charge on any atom is 0.472 e. The Labute approximate surface area is 451 Å². The third-order valence-corrected chi connectivity index (χ3v) is 13.2. The standard InChI is InChI=1S/C62H107O11P/c1-4-7-10-13-16-19-22-24-26-28-29-31-33-35-38-41-44-47-50-53-62(66)73-59(55-69-60(64)51-48-45-42-39-37-34-32-30-27-25-23-20-17-14-11-8-5-2)57-71-74(67,68)70-56-58(54-63)72-61(65)52-49-46-43-40-36-21-18-15-12-9-6-3/h7,10,15-16,18-19,24-27,29,31,35,38,58-59,63H,4-6,8-9,11-14,17,20-23,28,30,32-34,36-37,39-57H2,1-3H3,(H,67,68)/b10-7-,18-15-,19-16-,26-24-,27-25-,31-29-,38-35-. The van der Waals surface area contributed by atoms with Crippen LogP contribution in [0.2, 0.25) is 0 Å². The zero-order valence-electron chi connectivity index (χ0n) is 47.0. The van der Waals surface area contributed by atoms with E-state index in [1.807, 2.05) is 0 Å². The average Bonchev–Trinajstić information content (AvgIpc) is 3.39. The van der Waals surface area contributed by atoms with E-state index in [4.69, 9.17) is 23.3 Å². The molecule has 0 aliphatic heterocycles. The molecule has 0 aliphatic carbocycles. The molecule has 0 aromatic carbocycles. The van der Waals surface area contributed by atoms with E-state index < -0.39 is 57.8 Å². The summed E-state index contributed by atoms with van der Waals surface area (Å²) in [7, 11) is -4.76. The number of carbonyl (C=O) groups is 3. The van der Waals surface area contributed by atoms with Crippen molar-refractivity contribution in [3.63, 3.8) is 0 Å². The number of hydrogen-bond donors (Lipinski definition) is 2. The van der Waals surface area contributed by atoms with Gasteiger partial charge in [0, 0.05) is 19.3 Å². The van der Waals surface area contributed by atoms with Crippen LogP contribution in [0.4, 0.5) is 0 Å². The monoisotopic (exact) mass is 1060 g/mol. The van der Waals surface area contributed by atoms with Gasteiger partial charge in [0.15, 0.2) is 6.10 Å². The van der Waals surface area contributed by atoms with Crippen LogP contribution in [-0.2, 0) is 42.2 Å². The summed E-state index contributed by atoms with van der Waals surface area (Å²) < 4.78 is 39.5. The molecule has 2 N–H and O–H groups in total. The topological polar surface area (TPSA) is 155 Å². The molecule has 0 heterocycles. The lowest BCUT2D eigenvalue weighted by Gasteiger charge is -2.21. The number of aliphatic hydroxyl groups is 1. The summed E-state index contributed by atoms with van der Waals surface area (Å²) >= 11 is 0. The third-order valence-electron chi connectivity index (χ3n) is 12.3. The molecule has 0 aliphatic rings. The molecule has 0 bridgehead atoms. The van der Waals surface area contributed by atoms with Gasteiger partial charge in [-0.05, 0) is 109 Å². The molecule has 3 atom stereocenters. The predicted molar refractivity (Wildman–Crippen MR) is 307 cm³/mol. The first-order valence-electron chi connectivity index (χ1n) is 29.5. The first kappa shape index (κ1) is 70.7. The summed E-state index contributed by atoms with van der Waals surface area (Å²) in [6.45, 7) is 4.44. The normalized spacial score (nSPS) is 14.0. The maximum absolute atomic E-state index is 12.9. The molecule has 11 nitrogen and oxygen atoms in total. The highest BCUT2D eigenvalue weighted by Gasteiger charge is 2.28. The Morgan fingerprint density at radius 2 is 0.716 bits per heavy atom. The van der Waals surface area contributed by atoms with Gasteiger partial charge in [-0.3, -0.25) is 23.4 Å². The Kier molecular flexibility index (Phi) is 53.4. The van der Waals surface area contributed by atoms with Crippen LogP contribution < -0.4 is 0 Å². The van der Waals surface area contributed by atoms with Crippen molar-refractivity contribution < 1.29 is 52.2 Å². The molecular weight excluding hydrogens is 952 g/mol. The second-order valence-electron chi connectivity index (χ2n) is 19.4. The Morgan fingerprint density at radius 3 is 1.15 bits per heavy atom. The molecule has 0 amide bonds. The van der Waals surface area contributed by atoms with E-state index in [9.17, 15) is 28.9 Å². The fraction of sp³-hybridized carbons (Fsp3) is 0.726. The van der Waals surface area contributed by atoms with Crippen LogP contribution in [0, 0.1) is 0 Å². The highest BCUT2D eigenvalue weighted by molar-refractivity contribution is 7.47. The maximum atomic E-state index is 12.9. The minimum absolute atomic E-state index is 0.125. The number of hydrogen-bond acceptors (Lipinski definition) is 10. The molecule has 0 rings (SSSR count). The summed E-state index contributed by atoms with van der Waals surface area (Å²) in [6, 6.07) is 0. The van der Waals surface area contributed by atoms with Gasteiger partial charge in [0.05, 0.1) is 19.8 Å². The van der Waals surface area contributed by atoms with Crippen molar-refractivity contribution in [1.82, 2.24) is 0 Å². The summed E-state index contributed by atoms with van der Waals surface area (Å²) in [6.07, 6.45) is 64.0. The van der Waals surface area contributed by atoms with E-state index in [1.165, 1.54) is 77.0 Å². The van der Waals surface area contributed by atoms with Gasteiger partial charge in [0.25, 0.3) is 0 Å². The zero-order valence-corrected chi connectivity index (χ0v) is 47.9. The van der Waals surface area contributed by atoms with E-state index in [1.54, 1.807) is 0 Å². The van der Waals surface area contributed by atoms with Crippen molar-refractivity contribution in [2.24, 2.45) is 0 Å². The fourth-order valence-corrected chi connectivity index (χ4v) is 8.55. The predicted octanol–water partition coefficient (Wildman–Crippen LogP) is 17.5. The Balaban J connectivity index is 4.80. The van der Waals surface area contributed by atoms with Crippen LogP contribution in [0.15, 0.2) is 85.1 Å². The van der Waals surface area contributed by atoms with Crippen molar-refractivity contribution in [2.75, 3.05) is 26.4 Å². The second-order valence-corrected chi connectivity index (χ2v) is 20.9. The fourth-order valence-electron chi connectivity index (χ4n) is 7.77. The smallest absolute Gasteiger partial charge is 0.462 e. The Hall–Kier alpha value is -3.34. The van der Waals surface area contributed by atoms with E-state index in [0.29, 0.717) is 19.3 Å². The van der Waals surface area contributed by atoms with Crippen LogP contribution in [0.5, 0.6) is 0 Å². The molecule has 0 aromatic rings.